The Labute approximate surface area is 196 Å². The van der Waals surface area contributed by atoms with Gasteiger partial charge in [0.05, 0.1) is 28.0 Å². The van der Waals surface area contributed by atoms with Crippen molar-refractivity contribution in [2.45, 2.75) is 12.1 Å². The van der Waals surface area contributed by atoms with Gasteiger partial charge in [-0.3, -0.25) is 14.0 Å². The van der Waals surface area contributed by atoms with Crippen LogP contribution in [0.5, 0.6) is 0 Å². The normalized spacial score (nSPS) is 11.3. The minimum absolute atomic E-state index is 0.130. The Bertz CT molecular complexity index is 1630. The van der Waals surface area contributed by atoms with Gasteiger partial charge in [0.1, 0.15) is 11.6 Å². The zero-order valence-electron chi connectivity index (χ0n) is 17.8. The van der Waals surface area contributed by atoms with Gasteiger partial charge in [0.15, 0.2) is 5.16 Å². The van der Waals surface area contributed by atoms with E-state index in [4.69, 9.17) is 0 Å². The number of carbonyl (C=O) groups excluding carboxylic acids is 1. The van der Waals surface area contributed by atoms with Crippen LogP contribution in [0.15, 0.2) is 76.7 Å². The molecule has 170 valence electrons. The standard InChI is InChI=1S/C24H17F2N5O2S/c1-14-6-2-4-8-19(14)30-22(33)16-7-3-5-9-20(16)31-23(30)28-29-24(31)34-13-21(32)27-18-12-15(25)10-11-17(18)26/h2-12H,13H2,1H3,(H,27,32). The molecule has 0 radical (unpaired) electrons. The number of benzene rings is 3. The van der Waals surface area contributed by atoms with Gasteiger partial charge in [-0.05, 0) is 42.8 Å². The maximum atomic E-state index is 13.9. The number of thioether (sulfide) groups is 1. The fourth-order valence-corrected chi connectivity index (χ4v) is 4.45. The topological polar surface area (TPSA) is 81.3 Å². The molecule has 5 rings (SSSR count). The molecule has 1 amide bonds. The summed E-state index contributed by atoms with van der Waals surface area (Å²) >= 11 is 1.07. The molecule has 0 fully saturated rings. The van der Waals surface area contributed by atoms with Crippen molar-refractivity contribution in [1.29, 1.82) is 0 Å². The van der Waals surface area contributed by atoms with E-state index in [9.17, 15) is 18.4 Å². The Balaban J connectivity index is 1.56. The third-order valence-corrected chi connectivity index (χ3v) is 6.21. The number of anilines is 1. The van der Waals surface area contributed by atoms with Crippen LogP contribution in [0.3, 0.4) is 0 Å². The first kappa shape index (κ1) is 21.8. The molecule has 1 N–H and O–H groups in total. The number of nitrogens with one attached hydrogen (secondary N) is 1. The number of amides is 1. The van der Waals surface area contributed by atoms with Crippen molar-refractivity contribution in [2.24, 2.45) is 0 Å². The number of hydrogen-bond donors (Lipinski definition) is 1. The van der Waals surface area contributed by atoms with Crippen LogP contribution < -0.4 is 10.9 Å². The molecule has 0 saturated heterocycles. The molecule has 10 heteroatoms. The van der Waals surface area contributed by atoms with Crippen LogP contribution in [-0.2, 0) is 4.79 Å². The lowest BCUT2D eigenvalue weighted by Crippen LogP contribution is -2.22. The maximum Gasteiger partial charge on any atom is 0.267 e. The van der Waals surface area contributed by atoms with Crippen molar-refractivity contribution in [3.8, 4) is 5.69 Å². The first-order valence-corrected chi connectivity index (χ1v) is 11.2. The lowest BCUT2D eigenvalue weighted by atomic mass is 10.2. The van der Waals surface area contributed by atoms with Crippen LogP contribution >= 0.6 is 11.8 Å². The summed E-state index contributed by atoms with van der Waals surface area (Å²) in [6.45, 7) is 1.90. The number of nitrogens with zero attached hydrogens (tertiary/aromatic N) is 4. The van der Waals surface area contributed by atoms with E-state index in [1.165, 1.54) is 4.57 Å². The second-order valence-corrected chi connectivity index (χ2v) is 8.47. The van der Waals surface area contributed by atoms with Crippen LogP contribution in [-0.4, -0.2) is 30.8 Å². The Hall–Kier alpha value is -4.05. The molecule has 2 aromatic heterocycles. The average molecular weight is 477 g/mol. The number of fused-ring (bicyclic) bond motifs is 3. The van der Waals surface area contributed by atoms with Crippen LogP contribution in [0.1, 0.15) is 5.56 Å². The third-order valence-electron chi connectivity index (χ3n) is 5.29. The van der Waals surface area contributed by atoms with Gasteiger partial charge >= 0.3 is 0 Å². The summed E-state index contributed by atoms with van der Waals surface area (Å²) in [5.41, 5.74) is 1.68. The monoisotopic (exact) mass is 477 g/mol. The van der Waals surface area contributed by atoms with Gasteiger partial charge in [-0.1, -0.05) is 42.1 Å². The minimum atomic E-state index is -0.735. The summed E-state index contributed by atoms with van der Waals surface area (Å²) in [7, 11) is 0. The zero-order valence-corrected chi connectivity index (χ0v) is 18.6. The Morgan fingerprint density at radius 2 is 1.79 bits per heavy atom. The SMILES string of the molecule is Cc1ccccc1-n1c(=O)c2ccccc2n2c(SCC(=O)Nc3cc(F)ccc3F)nnc12. The lowest BCUT2D eigenvalue weighted by Gasteiger charge is -2.13. The predicted octanol–water partition coefficient (Wildman–Crippen LogP) is 4.35. The number of aryl methyl sites for hydroxylation is 1. The van der Waals surface area contributed by atoms with E-state index in [1.807, 2.05) is 31.2 Å². The van der Waals surface area contributed by atoms with Gasteiger partial charge in [-0.15, -0.1) is 10.2 Å². The highest BCUT2D eigenvalue weighted by molar-refractivity contribution is 7.99. The van der Waals surface area contributed by atoms with Gasteiger partial charge in [-0.2, -0.15) is 0 Å². The first-order valence-electron chi connectivity index (χ1n) is 10.3. The molecular weight excluding hydrogens is 460 g/mol. The Morgan fingerprint density at radius 3 is 2.62 bits per heavy atom. The average Bonchev–Trinajstić information content (AvgIpc) is 3.25. The third kappa shape index (κ3) is 3.81. The van der Waals surface area contributed by atoms with E-state index >= 15 is 0 Å². The highest BCUT2D eigenvalue weighted by Gasteiger charge is 2.19. The van der Waals surface area contributed by atoms with Gasteiger partial charge in [0, 0.05) is 6.07 Å². The Kier molecular flexibility index (Phi) is 5.58. The van der Waals surface area contributed by atoms with Crippen LogP contribution in [0, 0.1) is 18.6 Å². The van der Waals surface area contributed by atoms with E-state index in [0.717, 1.165) is 35.5 Å². The number of hydrogen-bond acceptors (Lipinski definition) is 5. The van der Waals surface area contributed by atoms with Crippen molar-refractivity contribution in [1.82, 2.24) is 19.2 Å². The van der Waals surface area contributed by atoms with Crippen molar-refractivity contribution < 1.29 is 13.6 Å². The van der Waals surface area contributed by atoms with Crippen LogP contribution in [0.25, 0.3) is 22.4 Å². The molecule has 34 heavy (non-hydrogen) atoms. The smallest absolute Gasteiger partial charge is 0.267 e. The molecule has 0 spiro atoms. The molecule has 7 nitrogen and oxygen atoms in total. The predicted molar refractivity (Wildman–Crippen MR) is 127 cm³/mol. The molecule has 0 aliphatic heterocycles. The Morgan fingerprint density at radius 1 is 1.03 bits per heavy atom. The van der Waals surface area contributed by atoms with E-state index in [1.54, 1.807) is 28.7 Å². The van der Waals surface area contributed by atoms with Crippen molar-refractivity contribution in [3.63, 3.8) is 0 Å². The molecular formula is C24H17F2N5O2S. The summed E-state index contributed by atoms with van der Waals surface area (Å²) in [5, 5.41) is 11.7. The minimum Gasteiger partial charge on any atom is -0.323 e. The molecule has 0 atom stereocenters. The fourth-order valence-electron chi connectivity index (χ4n) is 3.71. The molecule has 0 unspecified atom stereocenters. The molecule has 0 aliphatic rings. The number of carbonyl (C=O) groups is 1. The van der Waals surface area contributed by atoms with E-state index in [2.05, 4.69) is 15.5 Å². The summed E-state index contributed by atoms with van der Waals surface area (Å²) in [6, 6.07) is 17.4. The number of rotatable bonds is 5. The molecule has 0 bridgehead atoms. The molecule has 3 aromatic carbocycles. The van der Waals surface area contributed by atoms with E-state index in [0.29, 0.717) is 27.5 Å². The summed E-state index contributed by atoms with van der Waals surface area (Å²) in [4.78, 5) is 25.8. The molecule has 0 saturated carbocycles. The molecule has 2 heterocycles. The first-order chi connectivity index (χ1) is 16.4. The molecule has 5 aromatic rings. The van der Waals surface area contributed by atoms with Gasteiger partial charge in [-0.25, -0.2) is 13.3 Å². The highest BCUT2D eigenvalue weighted by atomic mass is 32.2. The van der Waals surface area contributed by atoms with Gasteiger partial charge in [0.25, 0.3) is 5.56 Å². The second-order valence-electron chi connectivity index (χ2n) is 7.52. The zero-order chi connectivity index (χ0) is 23.8. The lowest BCUT2D eigenvalue weighted by molar-refractivity contribution is -0.113. The highest BCUT2D eigenvalue weighted by Crippen LogP contribution is 2.24. The van der Waals surface area contributed by atoms with E-state index in [-0.39, 0.29) is 17.0 Å². The van der Waals surface area contributed by atoms with Gasteiger partial charge in [0.2, 0.25) is 11.7 Å². The quantitative estimate of drug-likeness (QED) is 0.381. The van der Waals surface area contributed by atoms with Gasteiger partial charge < -0.3 is 5.32 Å². The van der Waals surface area contributed by atoms with Crippen molar-refractivity contribution in [2.75, 3.05) is 11.1 Å². The summed E-state index contributed by atoms with van der Waals surface area (Å²) < 4.78 is 30.5. The van der Waals surface area contributed by atoms with Crippen LogP contribution in [0.2, 0.25) is 0 Å². The van der Waals surface area contributed by atoms with Crippen LogP contribution in [0.4, 0.5) is 14.5 Å². The second kappa shape index (κ2) is 8.71. The largest absolute Gasteiger partial charge is 0.323 e. The van der Waals surface area contributed by atoms with Crippen molar-refractivity contribution >= 4 is 40.0 Å². The summed E-state index contributed by atoms with van der Waals surface area (Å²) in [6.07, 6.45) is 0. The maximum absolute atomic E-state index is 13.9. The number of para-hydroxylation sites is 2. The summed E-state index contributed by atoms with van der Waals surface area (Å²) in [5.74, 6) is -1.76. The van der Waals surface area contributed by atoms with Crippen molar-refractivity contribution in [3.05, 3.63) is 94.3 Å². The fraction of sp³-hybridized carbons (Fsp3) is 0.0833. The molecule has 0 aliphatic carbocycles. The number of halogens is 2. The number of aromatic nitrogens is 4. The van der Waals surface area contributed by atoms with E-state index < -0.39 is 17.5 Å².